The maximum Gasteiger partial charge on any atom is 0.435 e. The highest BCUT2D eigenvalue weighted by Gasteiger charge is 2.36. The molecule has 1 atom stereocenters. The summed E-state index contributed by atoms with van der Waals surface area (Å²) in [5, 5.41) is 11.8. The summed E-state index contributed by atoms with van der Waals surface area (Å²) in [7, 11) is 0. The maximum absolute atomic E-state index is 13.9. The van der Waals surface area contributed by atoms with Crippen LogP contribution in [-0.2, 0) is 26.9 Å². The normalized spacial score (nSPS) is 13.9. The standard InChI is InChI=1S/C39H44F3N5O6/c1-37(2,3)52-35(49)43-22-25-10-7-15-30(18-25)47-31(21-32(46-47)39(40,41)42)34(48)44-28-13-8-11-26(19-28)33(51-23-24-16-17-24)27-12-9-14-29(20-27)45-36(50)53-38(4,5)6/h7-15,18-21,24,33H,16-17,22-23H2,1-6H3,(H,43,49)(H,44,48)(H,45,50). The van der Waals surface area contributed by atoms with Gasteiger partial charge in [-0.2, -0.15) is 18.3 Å². The van der Waals surface area contributed by atoms with Gasteiger partial charge in [-0.05, 0) is 113 Å². The highest BCUT2D eigenvalue weighted by molar-refractivity contribution is 6.03. The van der Waals surface area contributed by atoms with E-state index in [0.29, 0.717) is 41.1 Å². The van der Waals surface area contributed by atoms with Crippen LogP contribution in [-0.4, -0.2) is 45.7 Å². The van der Waals surface area contributed by atoms with E-state index in [2.05, 4.69) is 21.0 Å². The molecule has 53 heavy (non-hydrogen) atoms. The first kappa shape index (κ1) is 38.9. The Hall–Kier alpha value is -5.37. The zero-order valence-electron chi connectivity index (χ0n) is 30.5. The van der Waals surface area contributed by atoms with E-state index in [-0.39, 0.29) is 17.9 Å². The summed E-state index contributed by atoms with van der Waals surface area (Å²) in [6, 6.07) is 21.0. The highest BCUT2D eigenvalue weighted by atomic mass is 19.4. The largest absolute Gasteiger partial charge is 0.444 e. The molecule has 0 spiro atoms. The number of carbonyl (C=O) groups excluding carboxylic acids is 3. The molecule has 1 aromatic heterocycles. The summed E-state index contributed by atoms with van der Waals surface area (Å²) in [5.74, 6) is -0.403. The number of nitrogens with zero attached hydrogens (tertiary/aromatic N) is 2. The van der Waals surface area contributed by atoms with Gasteiger partial charge in [0.2, 0.25) is 0 Å². The third-order valence-corrected chi connectivity index (χ3v) is 7.70. The van der Waals surface area contributed by atoms with Crippen LogP contribution in [0.2, 0.25) is 0 Å². The van der Waals surface area contributed by atoms with Crippen molar-refractivity contribution in [3.8, 4) is 5.69 Å². The number of benzene rings is 3. The van der Waals surface area contributed by atoms with Gasteiger partial charge >= 0.3 is 18.4 Å². The number of nitrogens with one attached hydrogen (secondary N) is 3. The van der Waals surface area contributed by atoms with E-state index in [4.69, 9.17) is 14.2 Å². The lowest BCUT2D eigenvalue weighted by atomic mass is 10.00. The number of ether oxygens (including phenoxy) is 3. The average molecular weight is 736 g/mol. The fraction of sp³-hybridized carbons (Fsp3) is 0.385. The highest BCUT2D eigenvalue weighted by Crippen LogP contribution is 2.35. The molecule has 282 valence electrons. The van der Waals surface area contributed by atoms with Crippen molar-refractivity contribution in [3.63, 3.8) is 0 Å². The first-order valence-electron chi connectivity index (χ1n) is 17.2. The lowest BCUT2D eigenvalue weighted by Gasteiger charge is -2.22. The van der Waals surface area contributed by atoms with Gasteiger partial charge in [-0.3, -0.25) is 10.1 Å². The molecule has 4 aromatic rings. The van der Waals surface area contributed by atoms with Crippen LogP contribution in [0.3, 0.4) is 0 Å². The minimum atomic E-state index is -4.82. The molecular formula is C39H44F3N5O6. The van der Waals surface area contributed by atoms with Crippen molar-refractivity contribution in [2.75, 3.05) is 17.2 Å². The molecule has 1 unspecified atom stereocenters. The third-order valence-electron chi connectivity index (χ3n) is 7.70. The van der Waals surface area contributed by atoms with Crippen molar-refractivity contribution in [2.24, 2.45) is 5.92 Å². The van der Waals surface area contributed by atoms with Crippen LogP contribution >= 0.6 is 0 Å². The molecule has 11 nitrogen and oxygen atoms in total. The van der Waals surface area contributed by atoms with Crippen molar-refractivity contribution in [2.45, 2.75) is 84.4 Å². The van der Waals surface area contributed by atoms with E-state index in [1.165, 1.54) is 12.1 Å². The number of alkyl halides is 3. The Kier molecular flexibility index (Phi) is 11.5. The molecule has 14 heteroatoms. The minimum absolute atomic E-state index is 0.0223. The van der Waals surface area contributed by atoms with Gasteiger partial charge in [0.1, 0.15) is 23.0 Å². The van der Waals surface area contributed by atoms with Crippen LogP contribution in [0.5, 0.6) is 0 Å². The number of anilines is 2. The maximum atomic E-state index is 13.9. The van der Waals surface area contributed by atoms with E-state index in [9.17, 15) is 27.6 Å². The molecule has 1 aliphatic rings. The Morgan fingerprint density at radius 3 is 1.96 bits per heavy atom. The van der Waals surface area contributed by atoms with Gasteiger partial charge in [-0.25, -0.2) is 14.3 Å². The Balaban J connectivity index is 1.39. The smallest absolute Gasteiger partial charge is 0.435 e. The summed E-state index contributed by atoms with van der Waals surface area (Å²) in [5.41, 5.74) is -0.0670. The number of aromatic nitrogens is 2. The summed E-state index contributed by atoms with van der Waals surface area (Å²) in [6.07, 6.45) is -4.57. The van der Waals surface area contributed by atoms with Gasteiger partial charge in [0.05, 0.1) is 12.3 Å². The second-order valence-electron chi connectivity index (χ2n) is 14.8. The van der Waals surface area contributed by atoms with Crippen molar-refractivity contribution >= 4 is 29.5 Å². The lowest BCUT2D eigenvalue weighted by Crippen LogP contribution is -2.32. The van der Waals surface area contributed by atoms with E-state index < -0.39 is 47.3 Å². The number of alkyl carbamates (subject to hydrolysis) is 1. The molecule has 3 amide bonds. The Morgan fingerprint density at radius 1 is 0.792 bits per heavy atom. The number of carbonyl (C=O) groups is 3. The molecule has 1 saturated carbocycles. The van der Waals surface area contributed by atoms with Gasteiger partial charge in [0, 0.05) is 24.0 Å². The predicted molar refractivity (Wildman–Crippen MR) is 193 cm³/mol. The van der Waals surface area contributed by atoms with Crippen molar-refractivity contribution in [1.29, 1.82) is 0 Å². The molecule has 1 fully saturated rings. The fourth-order valence-electron chi connectivity index (χ4n) is 5.24. The third kappa shape index (κ3) is 11.6. The second-order valence-corrected chi connectivity index (χ2v) is 14.8. The predicted octanol–water partition coefficient (Wildman–Crippen LogP) is 9.03. The molecule has 0 bridgehead atoms. The van der Waals surface area contributed by atoms with Crippen molar-refractivity contribution < 1.29 is 41.8 Å². The van der Waals surface area contributed by atoms with Crippen LogP contribution in [0, 0.1) is 5.92 Å². The second kappa shape index (κ2) is 15.7. The van der Waals surface area contributed by atoms with E-state index in [1.807, 2.05) is 12.1 Å². The first-order chi connectivity index (χ1) is 24.8. The fourth-order valence-corrected chi connectivity index (χ4v) is 5.24. The van der Waals surface area contributed by atoms with Gasteiger partial charge in [-0.15, -0.1) is 0 Å². The van der Waals surface area contributed by atoms with Crippen LogP contribution < -0.4 is 16.0 Å². The van der Waals surface area contributed by atoms with E-state index in [0.717, 1.165) is 23.1 Å². The van der Waals surface area contributed by atoms with Crippen molar-refractivity contribution in [3.05, 3.63) is 107 Å². The Labute approximate surface area is 306 Å². The first-order valence-corrected chi connectivity index (χ1v) is 17.2. The lowest BCUT2D eigenvalue weighted by molar-refractivity contribution is -0.141. The number of hydrogen-bond acceptors (Lipinski definition) is 7. The minimum Gasteiger partial charge on any atom is -0.444 e. The van der Waals surface area contributed by atoms with Crippen LogP contribution in [0.25, 0.3) is 5.69 Å². The quantitative estimate of drug-likeness (QED) is 0.140. The molecule has 3 N–H and O–H groups in total. The summed E-state index contributed by atoms with van der Waals surface area (Å²) >= 11 is 0. The monoisotopic (exact) mass is 735 g/mol. The molecule has 5 rings (SSSR count). The summed E-state index contributed by atoms with van der Waals surface area (Å²) in [4.78, 5) is 38.3. The number of rotatable bonds is 11. The zero-order valence-corrected chi connectivity index (χ0v) is 30.5. The topological polar surface area (TPSA) is 133 Å². The summed E-state index contributed by atoms with van der Waals surface area (Å²) in [6.45, 7) is 11.0. The van der Waals surface area contributed by atoms with Gasteiger partial charge in [-0.1, -0.05) is 36.4 Å². The van der Waals surface area contributed by atoms with Gasteiger partial charge in [0.25, 0.3) is 5.91 Å². The van der Waals surface area contributed by atoms with E-state index in [1.54, 1.807) is 90.1 Å². The van der Waals surface area contributed by atoms with E-state index >= 15 is 0 Å². The summed E-state index contributed by atoms with van der Waals surface area (Å²) < 4.78 is 59.7. The van der Waals surface area contributed by atoms with Gasteiger partial charge in [0.15, 0.2) is 5.69 Å². The molecule has 1 aliphatic carbocycles. The average Bonchev–Trinajstić information content (AvgIpc) is 3.76. The molecule has 0 saturated heterocycles. The molecule has 0 radical (unpaired) electrons. The number of amides is 3. The van der Waals surface area contributed by atoms with Crippen LogP contribution in [0.1, 0.15) is 93.4 Å². The van der Waals surface area contributed by atoms with Crippen molar-refractivity contribution in [1.82, 2.24) is 15.1 Å². The Bertz CT molecular complexity index is 1940. The van der Waals surface area contributed by atoms with Crippen LogP contribution in [0.4, 0.5) is 34.1 Å². The number of hydrogen-bond donors (Lipinski definition) is 3. The zero-order chi connectivity index (χ0) is 38.6. The number of halogens is 3. The van der Waals surface area contributed by atoms with Crippen LogP contribution in [0.15, 0.2) is 78.9 Å². The molecule has 1 heterocycles. The SMILES string of the molecule is CC(C)(C)OC(=O)NCc1cccc(-n2nc(C(F)(F)F)cc2C(=O)Nc2cccc(C(OCC3CC3)c3cccc(NC(=O)OC(C)(C)C)c3)c2)c1. The molecule has 0 aliphatic heterocycles. The molecule has 3 aromatic carbocycles. The van der Waals surface area contributed by atoms with Gasteiger partial charge < -0.3 is 24.8 Å². The molecular weight excluding hydrogens is 691 g/mol. The Morgan fingerprint density at radius 2 is 1.38 bits per heavy atom.